The first kappa shape index (κ1) is 12.3. The highest BCUT2D eigenvalue weighted by molar-refractivity contribution is 5.74. The molecule has 102 valence electrons. The lowest BCUT2D eigenvalue weighted by Crippen LogP contribution is -2.09. The van der Waals surface area contributed by atoms with Gasteiger partial charge in [0.25, 0.3) is 5.56 Å². The Hall–Kier alpha value is -2.77. The van der Waals surface area contributed by atoms with Gasteiger partial charge in [-0.25, -0.2) is 4.98 Å². The molecular formula is C12H8F2N4O2. The SMILES string of the molecule is O=c1[nH]c(-c2ccc(OC(F)F)cc2)nc2cn[nH]c12. The molecule has 2 N–H and O–H groups in total. The van der Waals surface area contributed by atoms with E-state index in [1.165, 1.54) is 30.5 Å². The fourth-order valence-corrected chi connectivity index (χ4v) is 1.78. The van der Waals surface area contributed by atoms with Crippen molar-refractivity contribution in [2.45, 2.75) is 6.61 Å². The lowest BCUT2D eigenvalue weighted by atomic mass is 10.2. The maximum atomic E-state index is 12.0. The van der Waals surface area contributed by atoms with Crippen molar-refractivity contribution in [1.82, 2.24) is 20.2 Å². The molecule has 3 aromatic rings. The highest BCUT2D eigenvalue weighted by atomic mass is 19.3. The third-order valence-corrected chi connectivity index (χ3v) is 2.66. The van der Waals surface area contributed by atoms with Crippen LogP contribution in [-0.4, -0.2) is 26.8 Å². The van der Waals surface area contributed by atoms with E-state index in [0.29, 0.717) is 16.9 Å². The molecule has 8 heteroatoms. The predicted molar refractivity (Wildman–Crippen MR) is 66.6 cm³/mol. The second-order valence-corrected chi connectivity index (χ2v) is 3.95. The zero-order chi connectivity index (χ0) is 14.1. The van der Waals surface area contributed by atoms with Crippen molar-refractivity contribution in [3.8, 4) is 17.1 Å². The number of aromatic amines is 2. The van der Waals surface area contributed by atoms with Gasteiger partial charge in [0.15, 0.2) is 0 Å². The number of H-pyrrole nitrogens is 2. The second-order valence-electron chi connectivity index (χ2n) is 3.95. The first-order chi connectivity index (χ1) is 9.63. The predicted octanol–water partition coefficient (Wildman–Crippen LogP) is 1.91. The third-order valence-electron chi connectivity index (χ3n) is 2.66. The second kappa shape index (κ2) is 4.72. The molecule has 2 heterocycles. The van der Waals surface area contributed by atoms with Gasteiger partial charge in [-0.3, -0.25) is 9.89 Å². The van der Waals surface area contributed by atoms with Crippen molar-refractivity contribution in [1.29, 1.82) is 0 Å². The Morgan fingerprint density at radius 1 is 1.20 bits per heavy atom. The number of rotatable bonds is 3. The van der Waals surface area contributed by atoms with Crippen LogP contribution < -0.4 is 10.3 Å². The Labute approximate surface area is 110 Å². The smallest absolute Gasteiger partial charge is 0.387 e. The molecule has 3 rings (SSSR count). The molecule has 20 heavy (non-hydrogen) atoms. The van der Waals surface area contributed by atoms with Crippen LogP contribution in [0.1, 0.15) is 0 Å². The largest absolute Gasteiger partial charge is 0.435 e. The van der Waals surface area contributed by atoms with E-state index in [0.717, 1.165) is 0 Å². The first-order valence-electron chi connectivity index (χ1n) is 5.62. The summed E-state index contributed by atoms with van der Waals surface area (Å²) < 4.78 is 28.3. The zero-order valence-corrected chi connectivity index (χ0v) is 9.93. The molecule has 0 saturated heterocycles. The lowest BCUT2D eigenvalue weighted by molar-refractivity contribution is -0.0498. The molecule has 0 unspecified atom stereocenters. The Morgan fingerprint density at radius 3 is 2.65 bits per heavy atom. The molecule has 0 fully saturated rings. The van der Waals surface area contributed by atoms with Crippen LogP contribution in [0.3, 0.4) is 0 Å². The summed E-state index contributed by atoms with van der Waals surface area (Å²) in [5, 5.41) is 6.27. The number of nitrogens with one attached hydrogen (secondary N) is 2. The summed E-state index contributed by atoms with van der Waals surface area (Å²) in [7, 11) is 0. The molecule has 0 saturated carbocycles. The molecule has 0 aliphatic carbocycles. The van der Waals surface area contributed by atoms with Gasteiger partial charge < -0.3 is 9.72 Å². The number of hydrogen-bond acceptors (Lipinski definition) is 4. The van der Waals surface area contributed by atoms with Crippen LogP contribution in [0.4, 0.5) is 8.78 Å². The molecule has 0 spiro atoms. The van der Waals surface area contributed by atoms with E-state index in [2.05, 4.69) is 24.9 Å². The summed E-state index contributed by atoms with van der Waals surface area (Å²) in [5.74, 6) is 0.364. The average Bonchev–Trinajstić information content (AvgIpc) is 2.87. The number of aromatic nitrogens is 4. The van der Waals surface area contributed by atoms with E-state index < -0.39 is 6.61 Å². The zero-order valence-electron chi connectivity index (χ0n) is 9.93. The molecule has 0 atom stereocenters. The Balaban J connectivity index is 2.00. The van der Waals surface area contributed by atoms with E-state index in [9.17, 15) is 13.6 Å². The summed E-state index contributed by atoms with van der Waals surface area (Å²) >= 11 is 0. The van der Waals surface area contributed by atoms with E-state index in [4.69, 9.17) is 0 Å². The molecule has 0 bridgehead atoms. The summed E-state index contributed by atoms with van der Waals surface area (Å²) in [6.45, 7) is -2.87. The van der Waals surface area contributed by atoms with E-state index in [-0.39, 0.29) is 16.8 Å². The topological polar surface area (TPSA) is 83.7 Å². The monoisotopic (exact) mass is 278 g/mol. The summed E-state index contributed by atoms with van der Waals surface area (Å²) in [5.41, 5.74) is 0.935. The van der Waals surface area contributed by atoms with Crippen LogP contribution in [0, 0.1) is 0 Å². The van der Waals surface area contributed by atoms with Crippen LogP contribution in [-0.2, 0) is 0 Å². The van der Waals surface area contributed by atoms with Gasteiger partial charge in [0.05, 0.1) is 6.20 Å². The van der Waals surface area contributed by atoms with Crippen LogP contribution in [0.5, 0.6) is 5.75 Å². The summed E-state index contributed by atoms with van der Waals surface area (Å²) in [6, 6.07) is 5.81. The maximum Gasteiger partial charge on any atom is 0.387 e. The van der Waals surface area contributed by atoms with Crippen LogP contribution >= 0.6 is 0 Å². The van der Waals surface area contributed by atoms with Gasteiger partial charge in [0.2, 0.25) is 0 Å². The fraction of sp³-hybridized carbons (Fsp3) is 0.0833. The summed E-state index contributed by atoms with van der Waals surface area (Å²) in [6.07, 6.45) is 1.43. The molecule has 1 aromatic carbocycles. The molecule has 0 aliphatic heterocycles. The van der Waals surface area contributed by atoms with Gasteiger partial charge in [-0.1, -0.05) is 0 Å². The average molecular weight is 278 g/mol. The van der Waals surface area contributed by atoms with Crippen LogP contribution in [0.25, 0.3) is 22.4 Å². The summed E-state index contributed by atoms with van der Waals surface area (Å²) in [4.78, 5) is 18.6. The minimum absolute atomic E-state index is 0.0375. The molecular weight excluding hydrogens is 270 g/mol. The third kappa shape index (κ3) is 2.22. The van der Waals surface area contributed by atoms with Crippen molar-refractivity contribution >= 4 is 11.0 Å². The standard InChI is InChI=1S/C12H8F2N4O2/c13-12(14)20-7-3-1-6(2-4-7)10-16-8-5-15-18-9(8)11(19)17-10/h1-5,12H,(H,15,18)(H,16,17,19). The molecule has 2 aromatic heterocycles. The van der Waals surface area contributed by atoms with Crippen molar-refractivity contribution in [3.63, 3.8) is 0 Å². The van der Waals surface area contributed by atoms with Crippen LogP contribution in [0.15, 0.2) is 35.3 Å². The van der Waals surface area contributed by atoms with Gasteiger partial charge in [0, 0.05) is 5.56 Å². The molecule has 6 nitrogen and oxygen atoms in total. The molecule has 0 radical (unpaired) electrons. The van der Waals surface area contributed by atoms with Crippen molar-refractivity contribution in [3.05, 3.63) is 40.8 Å². The first-order valence-corrected chi connectivity index (χ1v) is 5.62. The quantitative estimate of drug-likeness (QED) is 0.766. The number of benzene rings is 1. The number of halogens is 2. The van der Waals surface area contributed by atoms with Crippen molar-refractivity contribution in [2.24, 2.45) is 0 Å². The maximum absolute atomic E-state index is 12.0. The molecule has 0 aliphatic rings. The minimum Gasteiger partial charge on any atom is -0.435 e. The lowest BCUT2D eigenvalue weighted by Gasteiger charge is -2.05. The molecule has 0 amide bonds. The Kier molecular flexibility index (Phi) is 2.90. The number of fused-ring (bicyclic) bond motifs is 1. The number of alkyl halides is 2. The van der Waals surface area contributed by atoms with E-state index in [1.54, 1.807) is 0 Å². The van der Waals surface area contributed by atoms with Gasteiger partial charge in [-0.05, 0) is 24.3 Å². The fourth-order valence-electron chi connectivity index (χ4n) is 1.78. The van der Waals surface area contributed by atoms with Crippen molar-refractivity contribution in [2.75, 3.05) is 0 Å². The normalized spacial score (nSPS) is 11.2. The van der Waals surface area contributed by atoms with Crippen molar-refractivity contribution < 1.29 is 13.5 Å². The minimum atomic E-state index is -2.87. The van der Waals surface area contributed by atoms with Gasteiger partial charge in [0.1, 0.15) is 22.6 Å². The number of hydrogen-bond donors (Lipinski definition) is 2. The number of nitrogens with zero attached hydrogens (tertiary/aromatic N) is 2. The van der Waals surface area contributed by atoms with Crippen LogP contribution in [0.2, 0.25) is 0 Å². The van der Waals surface area contributed by atoms with Gasteiger partial charge >= 0.3 is 6.61 Å². The highest BCUT2D eigenvalue weighted by Gasteiger charge is 2.08. The Morgan fingerprint density at radius 2 is 1.95 bits per heavy atom. The number of ether oxygens (including phenoxy) is 1. The Bertz CT molecular complexity index is 795. The highest BCUT2D eigenvalue weighted by Crippen LogP contribution is 2.20. The van der Waals surface area contributed by atoms with Gasteiger partial charge in [-0.15, -0.1) is 0 Å². The van der Waals surface area contributed by atoms with Gasteiger partial charge in [-0.2, -0.15) is 13.9 Å². The van der Waals surface area contributed by atoms with E-state index >= 15 is 0 Å². The van der Waals surface area contributed by atoms with E-state index in [1.807, 2.05) is 0 Å².